The van der Waals surface area contributed by atoms with Crippen molar-refractivity contribution >= 4 is 26.0 Å². The van der Waals surface area contributed by atoms with Gasteiger partial charge in [-0.25, -0.2) is 13.1 Å². The standard InChI is InChI=1S/C9H12BrNO4S/c1-9(2-3-9)11-16(13,14)7-4-6(5-12)15-8(7)10/h4,11-12H,2-3,5H2,1H3. The summed E-state index contributed by atoms with van der Waals surface area (Å²) >= 11 is 3.02. The van der Waals surface area contributed by atoms with E-state index in [1.807, 2.05) is 6.92 Å². The maximum absolute atomic E-state index is 12.0. The van der Waals surface area contributed by atoms with Gasteiger partial charge in [-0.1, -0.05) is 0 Å². The molecule has 1 aliphatic carbocycles. The Morgan fingerprint density at radius 3 is 2.69 bits per heavy atom. The minimum Gasteiger partial charge on any atom is -0.450 e. The molecule has 7 heteroatoms. The Bertz CT molecular complexity index is 504. The van der Waals surface area contributed by atoms with E-state index in [2.05, 4.69) is 20.7 Å². The first kappa shape index (κ1) is 12.1. The van der Waals surface area contributed by atoms with Crippen molar-refractivity contribution in [3.8, 4) is 0 Å². The summed E-state index contributed by atoms with van der Waals surface area (Å²) in [6, 6.07) is 1.32. The van der Waals surface area contributed by atoms with Crippen molar-refractivity contribution in [1.29, 1.82) is 0 Å². The van der Waals surface area contributed by atoms with E-state index in [1.54, 1.807) is 0 Å². The zero-order chi connectivity index (χ0) is 12.0. The quantitative estimate of drug-likeness (QED) is 0.880. The topological polar surface area (TPSA) is 79.5 Å². The molecule has 0 spiro atoms. The fourth-order valence-electron chi connectivity index (χ4n) is 1.33. The van der Waals surface area contributed by atoms with Crippen LogP contribution in [-0.4, -0.2) is 19.1 Å². The molecular formula is C9H12BrNO4S. The van der Waals surface area contributed by atoms with E-state index < -0.39 is 10.0 Å². The van der Waals surface area contributed by atoms with E-state index in [4.69, 9.17) is 9.52 Å². The lowest BCUT2D eigenvalue weighted by atomic mass is 10.4. The first-order valence-electron chi connectivity index (χ1n) is 4.79. The lowest BCUT2D eigenvalue weighted by Crippen LogP contribution is -2.34. The SMILES string of the molecule is CC1(NS(=O)(=O)c2cc(CO)oc2Br)CC1. The number of halogens is 1. The summed E-state index contributed by atoms with van der Waals surface area (Å²) in [5.41, 5.74) is -0.324. The molecule has 16 heavy (non-hydrogen) atoms. The van der Waals surface area contributed by atoms with Crippen molar-refractivity contribution in [2.75, 3.05) is 0 Å². The highest BCUT2D eigenvalue weighted by Crippen LogP contribution is 2.37. The van der Waals surface area contributed by atoms with Crippen LogP contribution in [0.5, 0.6) is 0 Å². The molecule has 0 bridgehead atoms. The van der Waals surface area contributed by atoms with E-state index >= 15 is 0 Å². The van der Waals surface area contributed by atoms with Gasteiger partial charge in [0, 0.05) is 11.6 Å². The number of hydrogen-bond acceptors (Lipinski definition) is 4. The molecule has 1 aromatic rings. The summed E-state index contributed by atoms with van der Waals surface area (Å²) in [5, 5.41) is 8.86. The third kappa shape index (κ3) is 2.32. The van der Waals surface area contributed by atoms with Crippen molar-refractivity contribution in [3.63, 3.8) is 0 Å². The number of aliphatic hydroxyl groups is 1. The van der Waals surface area contributed by atoms with Crippen molar-refractivity contribution in [2.45, 2.75) is 36.8 Å². The lowest BCUT2D eigenvalue weighted by molar-refractivity contribution is 0.245. The molecule has 0 atom stereocenters. The van der Waals surface area contributed by atoms with Crippen LogP contribution in [0.3, 0.4) is 0 Å². The van der Waals surface area contributed by atoms with Crippen LogP contribution in [0.25, 0.3) is 0 Å². The number of nitrogens with one attached hydrogen (secondary N) is 1. The molecule has 1 aromatic heterocycles. The van der Waals surface area contributed by atoms with E-state index in [9.17, 15) is 8.42 Å². The van der Waals surface area contributed by atoms with Crippen LogP contribution in [0.4, 0.5) is 0 Å². The number of hydrogen-bond donors (Lipinski definition) is 2. The van der Waals surface area contributed by atoms with Gasteiger partial charge in [0.05, 0.1) is 0 Å². The average Bonchev–Trinajstić information content (AvgIpc) is 2.76. The first-order valence-corrected chi connectivity index (χ1v) is 7.07. The second kappa shape index (κ2) is 3.83. The smallest absolute Gasteiger partial charge is 0.245 e. The minimum absolute atomic E-state index is 0.0321. The fourth-order valence-corrected chi connectivity index (χ4v) is 3.79. The van der Waals surface area contributed by atoms with Gasteiger partial charge in [-0.15, -0.1) is 0 Å². The molecule has 0 amide bonds. The summed E-state index contributed by atoms with van der Waals surface area (Å²) in [7, 11) is -3.58. The van der Waals surface area contributed by atoms with Crippen LogP contribution >= 0.6 is 15.9 Å². The van der Waals surface area contributed by atoms with Gasteiger partial charge in [-0.2, -0.15) is 0 Å². The largest absolute Gasteiger partial charge is 0.450 e. The zero-order valence-electron chi connectivity index (χ0n) is 8.66. The molecule has 0 aromatic carbocycles. The summed E-state index contributed by atoms with van der Waals surface area (Å²) in [6.07, 6.45) is 1.68. The second-order valence-electron chi connectivity index (χ2n) is 4.17. The second-order valence-corrected chi connectivity index (χ2v) is 6.55. The summed E-state index contributed by atoms with van der Waals surface area (Å²) in [5.74, 6) is 0.216. The van der Waals surface area contributed by atoms with E-state index in [0.717, 1.165) is 12.8 Å². The molecule has 0 aliphatic heterocycles. The maximum atomic E-state index is 12.0. The Hall–Kier alpha value is -0.370. The molecule has 1 fully saturated rings. The Balaban J connectivity index is 2.31. The van der Waals surface area contributed by atoms with Crippen molar-refractivity contribution in [1.82, 2.24) is 4.72 Å². The zero-order valence-corrected chi connectivity index (χ0v) is 11.1. The molecule has 2 rings (SSSR count). The van der Waals surface area contributed by atoms with Gasteiger partial charge in [-0.05, 0) is 35.7 Å². The van der Waals surface area contributed by atoms with Crippen molar-refractivity contribution < 1.29 is 17.9 Å². The van der Waals surface area contributed by atoms with Crippen molar-refractivity contribution in [2.24, 2.45) is 0 Å². The van der Waals surface area contributed by atoms with Crippen molar-refractivity contribution in [3.05, 3.63) is 16.5 Å². The molecule has 0 unspecified atom stereocenters. The van der Waals surface area contributed by atoms with Gasteiger partial charge in [0.25, 0.3) is 0 Å². The molecule has 2 N–H and O–H groups in total. The van der Waals surface area contributed by atoms with Crippen LogP contribution < -0.4 is 4.72 Å². The predicted molar refractivity (Wildman–Crippen MR) is 60.3 cm³/mol. The highest BCUT2D eigenvalue weighted by molar-refractivity contribution is 9.10. The molecule has 90 valence electrons. The van der Waals surface area contributed by atoms with E-state index in [0.29, 0.717) is 0 Å². The van der Waals surface area contributed by atoms with E-state index in [-0.39, 0.29) is 27.5 Å². The highest BCUT2D eigenvalue weighted by Gasteiger charge is 2.42. The van der Waals surface area contributed by atoms with Gasteiger partial charge in [0.15, 0.2) is 4.67 Å². The van der Waals surface area contributed by atoms with Gasteiger partial charge >= 0.3 is 0 Å². The Morgan fingerprint density at radius 1 is 1.62 bits per heavy atom. The van der Waals surface area contributed by atoms with Gasteiger partial charge in [0.1, 0.15) is 17.3 Å². The van der Waals surface area contributed by atoms with Gasteiger partial charge in [-0.3, -0.25) is 0 Å². The molecule has 5 nitrogen and oxygen atoms in total. The average molecular weight is 310 g/mol. The van der Waals surface area contributed by atoms with Gasteiger partial charge < -0.3 is 9.52 Å². The summed E-state index contributed by atoms with van der Waals surface area (Å²) in [6.45, 7) is 1.52. The van der Waals surface area contributed by atoms with E-state index in [1.165, 1.54) is 6.07 Å². The monoisotopic (exact) mass is 309 g/mol. The Kier molecular flexibility index (Phi) is 2.90. The number of furan rings is 1. The molecule has 1 saturated carbocycles. The van der Waals surface area contributed by atoms with Crippen LogP contribution in [0.1, 0.15) is 25.5 Å². The minimum atomic E-state index is -3.58. The van der Waals surface area contributed by atoms with Crippen LogP contribution in [0.2, 0.25) is 0 Å². The summed E-state index contributed by atoms with van der Waals surface area (Å²) in [4.78, 5) is 0.0321. The summed E-state index contributed by atoms with van der Waals surface area (Å²) < 4.78 is 31.7. The number of aliphatic hydroxyl groups excluding tert-OH is 1. The third-order valence-corrected chi connectivity index (χ3v) is 5.03. The molecule has 0 radical (unpaired) electrons. The molecule has 0 saturated heterocycles. The predicted octanol–water partition coefficient (Wildman–Crippen LogP) is 1.37. The first-order chi connectivity index (χ1) is 7.36. The Labute approximate surface area is 102 Å². The highest BCUT2D eigenvalue weighted by atomic mass is 79.9. The molecular weight excluding hydrogens is 298 g/mol. The molecule has 1 heterocycles. The molecule has 1 aliphatic rings. The number of rotatable bonds is 4. The van der Waals surface area contributed by atoms with Crippen LogP contribution in [0.15, 0.2) is 20.0 Å². The maximum Gasteiger partial charge on any atom is 0.245 e. The van der Waals surface area contributed by atoms with Gasteiger partial charge in [0.2, 0.25) is 10.0 Å². The van der Waals surface area contributed by atoms with Crippen LogP contribution in [-0.2, 0) is 16.6 Å². The fraction of sp³-hybridized carbons (Fsp3) is 0.556. The normalized spacial score (nSPS) is 18.7. The number of sulfonamides is 1. The third-order valence-electron chi connectivity index (χ3n) is 2.53. The lowest BCUT2D eigenvalue weighted by Gasteiger charge is -2.10. The van der Waals surface area contributed by atoms with Crippen LogP contribution in [0, 0.1) is 0 Å². The Morgan fingerprint density at radius 2 is 2.25 bits per heavy atom.